The van der Waals surface area contributed by atoms with Gasteiger partial charge >= 0.3 is 0 Å². The van der Waals surface area contributed by atoms with Gasteiger partial charge in [0, 0.05) is 26.2 Å². The van der Waals surface area contributed by atoms with Crippen LogP contribution in [0.15, 0.2) is 28.8 Å². The van der Waals surface area contributed by atoms with Crippen molar-refractivity contribution in [1.82, 2.24) is 19.9 Å². The van der Waals surface area contributed by atoms with Crippen LogP contribution in [0.1, 0.15) is 23.3 Å². The third-order valence-electron chi connectivity index (χ3n) is 4.23. The van der Waals surface area contributed by atoms with Gasteiger partial charge in [-0.3, -0.25) is 9.80 Å². The van der Waals surface area contributed by atoms with Gasteiger partial charge < -0.3 is 9.26 Å². The number of aryl methyl sites for hydroxylation is 1. The molecule has 0 radical (unpaired) electrons. The first-order valence-corrected chi connectivity index (χ1v) is 8.02. The fourth-order valence-electron chi connectivity index (χ4n) is 2.82. The number of rotatable bonds is 5. The van der Waals surface area contributed by atoms with Crippen molar-refractivity contribution in [1.29, 1.82) is 5.26 Å². The van der Waals surface area contributed by atoms with Crippen molar-refractivity contribution >= 4 is 0 Å². The second-order valence-corrected chi connectivity index (χ2v) is 5.93. The van der Waals surface area contributed by atoms with E-state index in [9.17, 15) is 0 Å². The quantitative estimate of drug-likeness (QED) is 0.825. The van der Waals surface area contributed by atoms with Gasteiger partial charge in [0.1, 0.15) is 24.5 Å². The van der Waals surface area contributed by atoms with Crippen molar-refractivity contribution in [3.05, 3.63) is 41.5 Å². The molecule has 1 aromatic carbocycles. The number of hydrogen-bond acceptors (Lipinski definition) is 7. The molecule has 7 heteroatoms. The van der Waals surface area contributed by atoms with E-state index in [1.54, 1.807) is 6.07 Å². The van der Waals surface area contributed by atoms with Crippen molar-refractivity contribution in [2.75, 3.05) is 39.8 Å². The van der Waals surface area contributed by atoms with Gasteiger partial charge in [0.25, 0.3) is 0 Å². The van der Waals surface area contributed by atoms with Crippen molar-refractivity contribution in [2.45, 2.75) is 13.0 Å². The molecule has 0 saturated carbocycles. The zero-order valence-corrected chi connectivity index (χ0v) is 14.0. The molecule has 1 aliphatic heterocycles. The average Bonchev–Trinajstić information content (AvgIpc) is 3.03. The Balaban J connectivity index is 1.55. The van der Waals surface area contributed by atoms with Crippen LogP contribution in [-0.2, 0) is 0 Å². The molecule has 24 heavy (non-hydrogen) atoms. The Bertz CT molecular complexity index is 724. The molecule has 0 bridgehead atoms. The number of nitrogens with zero attached hydrogens (tertiary/aromatic N) is 5. The van der Waals surface area contributed by atoms with Gasteiger partial charge in [-0.2, -0.15) is 10.2 Å². The SMILES string of the molecule is Cc1noc(C2CN(CCOc3ccccc3C#N)CCN2C)n1. The van der Waals surface area contributed by atoms with Crippen LogP contribution >= 0.6 is 0 Å². The van der Waals surface area contributed by atoms with Crippen LogP contribution in [-0.4, -0.2) is 59.8 Å². The van der Waals surface area contributed by atoms with E-state index < -0.39 is 0 Å². The second-order valence-electron chi connectivity index (χ2n) is 5.93. The van der Waals surface area contributed by atoms with Crippen LogP contribution in [0, 0.1) is 18.3 Å². The maximum Gasteiger partial charge on any atom is 0.245 e. The van der Waals surface area contributed by atoms with E-state index >= 15 is 0 Å². The van der Waals surface area contributed by atoms with Gasteiger partial charge in [-0.1, -0.05) is 17.3 Å². The van der Waals surface area contributed by atoms with E-state index in [1.165, 1.54) is 0 Å². The van der Waals surface area contributed by atoms with Gasteiger partial charge in [-0.25, -0.2) is 0 Å². The minimum Gasteiger partial charge on any atom is -0.491 e. The highest BCUT2D eigenvalue weighted by atomic mass is 16.5. The van der Waals surface area contributed by atoms with Gasteiger partial charge in [-0.05, 0) is 26.1 Å². The van der Waals surface area contributed by atoms with Crippen LogP contribution in [0.2, 0.25) is 0 Å². The lowest BCUT2D eigenvalue weighted by molar-refractivity contribution is 0.0671. The number of aromatic nitrogens is 2. The number of para-hydroxylation sites is 1. The van der Waals surface area contributed by atoms with Crippen LogP contribution in [0.3, 0.4) is 0 Å². The van der Waals surface area contributed by atoms with Crippen molar-refractivity contribution in [2.24, 2.45) is 0 Å². The minimum absolute atomic E-state index is 0.103. The molecule has 0 aliphatic carbocycles. The maximum atomic E-state index is 9.09. The molecule has 126 valence electrons. The smallest absolute Gasteiger partial charge is 0.245 e. The summed E-state index contributed by atoms with van der Waals surface area (Å²) in [5.41, 5.74) is 0.565. The fourth-order valence-corrected chi connectivity index (χ4v) is 2.82. The van der Waals surface area contributed by atoms with Crippen LogP contribution in [0.4, 0.5) is 0 Å². The van der Waals surface area contributed by atoms with Gasteiger partial charge in [0.05, 0.1) is 5.56 Å². The number of likely N-dealkylation sites (N-methyl/N-ethyl adjacent to an activating group) is 1. The molecule has 2 heterocycles. The Morgan fingerprint density at radius 2 is 2.21 bits per heavy atom. The number of ether oxygens (including phenoxy) is 1. The highest BCUT2D eigenvalue weighted by Gasteiger charge is 2.29. The summed E-state index contributed by atoms with van der Waals surface area (Å²) >= 11 is 0. The second kappa shape index (κ2) is 7.43. The monoisotopic (exact) mass is 327 g/mol. The molecule has 1 aromatic heterocycles. The van der Waals surface area contributed by atoms with E-state index in [4.69, 9.17) is 14.5 Å². The van der Waals surface area contributed by atoms with Gasteiger partial charge in [0.2, 0.25) is 5.89 Å². The Kier molecular flexibility index (Phi) is 5.08. The summed E-state index contributed by atoms with van der Waals surface area (Å²) in [6.45, 7) is 5.87. The summed E-state index contributed by atoms with van der Waals surface area (Å²) in [6, 6.07) is 9.55. The maximum absolute atomic E-state index is 9.09. The fraction of sp³-hybridized carbons (Fsp3) is 0.471. The Hall–Kier alpha value is -2.43. The van der Waals surface area contributed by atoms with Crippen molar-refractivity contribution in [3.63, 3.8) is 0 Å². The molecule has 0 N–H and O–H groups in total. The summed E-state index contributed by atoms with van der Waals surface area (Å²) in [4.78, 5) is 8.91. The third kappa shape index (κ3) is 3.72. The van der Waals surface area contributed by atoms with E-state index in [2.05, 4.69) is 33.1 Å². The lowest BCUT2D eigenvalue weighted by Crippen LogP contribution is -2.47. The average molecular weight is 327 g/mol. The Labute approximate surface area is 141 Å². The van der Waals surface area contributed by atoms with E-state index in [0.29, 0.717) is 29.6 Å². The minimum atomic E-state index is 0.103. The highest BCUT2D eigenvalue weighted by Crippen LogP contribution is 2.22. The lowest BCUT2D eigenvalue weighted by atomic mass is 10.2. The van der Waals surface area contributed by atoms with E-state index in [-0.39, 0.29) is 6.04 Å². The first-order valence-electron chi connectivity index (χ1n) is 8.02. The first-order chi connectivity index (χ1) is 11.7. The molecule has 1 fully saturated rings. The molecule has 2 aromatic rings. The zero-order valence-electron chi connectivity index (χ0n) is 14.0. The normalized spacial score (nSPS) is 19.1. The Morgan fingerprint density at radius 3 is 2.96 bits per heavy atom. The summed E-state index contributed by atoms with van der Waals surface area (Å²) in [5.74, 6) is 1.96. The lowest BCUT2D eigenvalue weighted by Gasteiger charge is -2.37. The molecular weight excluding hydrogens is 306 g/mol. The summed E-state index contributed by atoms with van der Waals surface area (Å²) in [5, 5.41) is 13.0. The topological polar surface area (TPSA) is 78.4 Å². The molecule has 7 nitrogen and oxygen atoms in total. The van der Waals surface area contributed by atoms with Crippen molar-refractivity contribution < 1.29 is 9.26 Å². The molecule has 1 aliphatic rings. The molecule has 0 amide bonds. The molecule has 0 spiro atoms. The zero-order chi connectivity index (χ0) is 16.9. The Morgan fingerprint density at radius 1 is 1.38 bits per heavy atom. The first kappa shape index (κ1) is 16.4. The summed E-state index contributed by atoms with van der Waals surface area (Å²) in [7, 11) is 2.07. The number of nitriles is 1. The van der Waals surface area contributed by atoms with Gasteiger partial charge in [0.15, 0.2) is 5.82 Å². The highest BCUT2D eigenvalue weighted by molar-refractivity contribution is 5.42. The molecule has 1 unspecified atom stereocenters. The predicted octanol–water partition coefficient (Wildman–Crippen LogP) is 1.62. The predicted molar refractivity (Wildman–Crippen MR) is 87.5 cm³/mol. The van der Waals surface area contributed by atoms with E-state index in [0.717, 1.165) is 26.2 Å². The van der Waals surface area contributed by atoms with Gasteiger partial charge in [-0.15, -0.1) is 0 Å². The largest absolute Gasteiger partial charge is 0.491 e. The molecule has 3 rings (SSSR count). The standard InChI is InChI=1S/C17H21N5O2/c1-13-19-17(24-20-13)15-12-22(8-7-21(15)2)9-10-23-16-6-4-3-5-14(16)11-18/h3-6,15H,7-10,12H2,1-2H3. The number of benzene rings is 1. The summed E-state index contributed by atoms with van der Waals surface area (Å²) < 4.78 is 11.1. The number of hydrogen-bond donors (Lipinski definition) is 0. The molecular formula is C17H21N5O2. The number of piperazine rings is 1. The molecule has 1 saturated heterocycles. The van der Waals surface area contributed by atoms with Crippen molar-refractivity contribution in [3.8, 4) is 11.8 Å². The summed E-state index contributed by atoms with van der Waals surface area (Å²) in [6.07, 6.45) is 0. The molecule has 1 atom stereocenters. The van der Waals surface area contributed by atoms with Crippen LogP contribution < -0.4 is 4.74 Å². The van der Waals surface area contributed by atoms with E-state index in [1.807, 2.05) is 25.1 Å². The third-order valence-corrected chi connectivity index (χ3v) is 4.23. The van der Waals surface area contributed by atoms with Crippen LogP contribution in [0.5, 0.6) is 5.75 Å². The van der Waals surface area contributed by atoms with Crippen LogP contribution in [0.25, 0.3) is 0 Å².